The zero-order chi connectivity index (χ0) is 19.1. The summed E-state index contributed by atoms with van der Waals surface area (Å²) >= 11 is 0. The molecule has 1 N–H and O–H groups in total. The molecule has 0 aliphatic carbocycles. The number of nitrogens with zero attached hydrogens (tertiary/aromatic N) is 1. The van der Waals surface area contributed by atoms with Gasteiger partial charge < -0.3 is 10.1 Å². The average molecular weight is 370 g/mol. The predicted molar refractivity (Wildman–Crippen MR) is 104 cm³/mol. The molecule has 1 aliphatic rings. The fraction of sp³-hybridized carbons (Fsp3) is 0.409. The maximum absolute atomic E-state index is 15.1. The molecule has 2 aromatic rings. The third-order valence-corrected chi connectivity index (χ3v) is 5.02. The molecule has 0 bridgehead atoms. The SMILES string of the molecule is CCOc1ccccc1CN1CCC(F)(C(=O)NCc2ccccc2)CC1. The van der Waals surface area contributed by atoms with Crippen LogP contribution in [0.15, 0.2) is 54.6 Å². The largest absolute Gasteiger partial charge is 0.494 e. The summed E-state index contributed by atoms with van der Waals surface area (Å²) < 4.78 is 20.8. The van der Waals surface area contributed by atoms with Gasteiger partial charge >= 0.3 is 0 Å². The molecule has 0 unspecified atom stereocenters. The number of benzene rings is 2. The van der Waals surface area contributed by atoms with Gasteiger partial charge in [-0.25, -0.2) is 4.39 Å². The Hall–Kier alpha value is -2.40. The minimum atomic E-state index is -1.79. The Morgan fingerprint density at radius 2 is 1.78 bits per heavy atom. The van der Waals surface area contributed by atoms with Crippen LogP contribution in [-0.2, 0) is 17.9 Å². The van der Waals surface area contributed by atoms with Crippen molar-refractivity contribution in [1.82, 2.24) is 10.2 Å². The van der Waals surface area contributed by atoms with Crippen LogP contribution in [-0.4, -0.2) is 36.2 Å². The number of rotatable bonds is 7. The second-order valence-corrected chi connectivity index (χ2v) is 6.95. The third-order valence-electron chi connectivity index (χ3n) is 5.02. The summed E-state index contributed by atoms with van der Waals surface area (Å²) in [6, 6.07) is 17.5. The summed E-state index contributed by atoms with van der Waals surface area (Å²) in [5.41, 5.74) is 0.281. The zero-order valence-corrected chi connectivity index (χ0v) is 15.8. The van der Waals surface area contributed by atoms with E-state index in [1.54, 1.807) is 0 Å². The molecule has 0 aromatic heterocycles. The summed E-state index contributed by atoms with van der Waals surface area (Å²) in [7, 11) is 0. The summed E-state index contributed by atoms with van der Waals surface area (Å²) in [6.07, 6.45) is 0.425. The minimum absolute atomic E-state index is 0.213. The Bertz CT molecular complexity index is 743. The van der Waals surface area contributed by atoms with Crippen molar-refractivity contribution < 1.29 is 13.9 Å². The Morgan fingerprint density at radius 3 is 2.48 bits per heavy atom. The number of ether oxygens (including phenoxy) is 1. The van der Waals surface area contributed by atoms with Crippen LogP contribution in [0.2, 0.25) is 0 Å². The highest BCUT2D eigenvalue weighted by atomic mass is 19.1. The Labute approximate surface area is 160 Å². The Morgan fingerprint density at radius 1 is 1.11 bits per heavy atom. The van der Waals surface area contributed by atoms with Crippen molar-refractivity contribution in [3.05, 3.63) is 65.7 Å². The first-order valence-corrected chi connectivity index (χ1v) is 9.55. The van der Waals surface area contributed by atoms with Gasteiger partial charge in [-0.2, -0.15) is 0 Å². The normalized spacial score (nSPS) is 16.7. The predicted octanol–water partition coefficient (Wildman–Crippen LogP) is 3.71. The van der Waals surface area contributed by atoms with Crippen LogP contribution in [0.5, 0.6) is 5.75 Å². The first-order valence-electron chi connectivity index (χ1n) is 9.55. The number of halogens is 1. The summed E-state index contributed by atoms with van der Waals surface area (Å²) in [5.74, 6) is 0.374. The Balaban J connectivity index is 1.52. The van der Waals surface area contributed by atoms with Gasteiger partial charge in [0.1, 0.15) is 5.75 Å². The molecule has 27 heavy (non-hydrogen) atoms. The van der Waals surface area contributed by atoms with E-state index in [4.69, 9.17) is 4.74 Å². The highest BCUT2D eigenvalue weighted by Gasteiger charge is 2.41. The fourth-order valence-electron chi connectivity index (χ4n) is 3.40. The topological polar surface area (TPSA) is 41.6 Å². The molecule has 0 atom stereocenters. The molecule has 1 fully saturated rings. The van der Waals surface area contributed by atoms with E-state index in [1.165, 1.54) is 0 Å². The quantitative estimate of drug-likeness (QED) is 0.808. The third kappa shape index (κ3) is 5.07. The van der Waals surface area contributed by atoms with Crippen LogP contribution >= 0.6 is 0 Å². The van der Waals surface area contributed by atoms with E-state index < -0.39 is 11.6 Å². The van der Waals surface area contributed by atoms with Gasteiger partial charge in [0, 0.05) is 44.6 Å². The van der Waals surface area contributed by atoms with Crippen LogP contribution in [0, 0.1) is 0 Å². The molecule has 1 heterocycles. The van der Waals surface area contributed by atoms with Crippen LogP contribution in [0.1, 0.15) is 30.9 Å². The van der Waals surface area contributed by atoms with E-state index >= 15 is 4.39 Å². The lowest BCUT2D eigenvalue weighted by atomic mass is 9.92. The molecular formula is C22H27FN2O2. The van der Waals surface area contributed by atoms with Crippen LogP contribution in [0.25, 0.3) is 0 Å². The van der Waals surface area contributed by atoms with Crippen LogP contribution < -0.4 is 10.1 Å². The fourth-order valence-corrected chi connectivity index (χ4v) is 3.40. The molecule has 2 aromatic carbocycles. The number of nitrogens with one attached hydrogen (secondary N) is 1. The molecule has 4 nitrogen and oxygen atoms in total. The average Bonchev–Trinajstić information content (AvgIpc) is 2.70. The second-order valence-electron chi connectivity index (χ2n) is 6.95. The number of amides is 1. The lowest BCUT2D eigenvalue weighted by Gasteiger charge is -2.35. The van der Waals surface area contributed by atoms with E-state index in [-0.39, 0.29) is 12.8 Å². The van der Waals surface area contributed by atoms with Crippen molar-refractivity contribution in [3.8, 4) is 5.75 Å². The highest BCUT2D eigenvalue weighted by Crippen LogP contribution is 2.29. The zero-order valence-electron chi connectivity index (χ0n) is 15.8. The molecule has 0 saturated carbocycles. The van der Waals surface area contributed by atoms with Gasteiger partial charge in [0.2, 0.25) is 0 Å². The summed E-state index contributed by atoms with van der Waals surface area (Å²) in [5, 5.41) is 2.75. The van der Waals surface area contributed by atoms with Crippen LogP contribution in [0.4, 0.5) is 4.39 Å². The molecular weight excluding hydrogens is 343 g/mol. The van der Waals surface area contributed by atoms with Crippen molar-refractivity contribution in [2.24, 2.45) is 0 Å². The van der Waals surface area contributed by atoms with Gasteiger partial charge in [-0.1, -0.05) is 48.5 Å². The number of likely N-dealkylation sites (tertiary alicyclic amines) is 1. The number of hydrogen-bond acceptors (Lipinski definition) is 3. The Kier molecular flexibility index (Phi) is 6.45. The summed E-state index contributed by atoms with van der Waals surface area (Å²) in [4.78, 5) is 14.6. The lowest BCUT2D eigenvalue weighted by Crippen LogP contribution is -2.50. The smallest absolute Gasteiger partial charge is 0.258 e. The van der Waals surface area contributed by atoms with Gasteiger partial charge in [-0.3, -0.25) is 9.69 Å². The van der Waals surface area contributed by atoms with Gasteiger partial charge in [0.15, 0.2) is 5.67 Å². The van der Waals surface area contributed by atoms with Crippen molar-refractivity contribution in [2.75, 3.05) is 19.7 Å². The number of piperidine rings is 1. The second kappa shape index (κ2) is 9.00. The molecule has 1 aliphatic heterocycles. The first kappa shape index (κ1) is 19.4. The van der Waals surface area contributed by atoms with Gasteiger partial charge in [-0.15, -0.1) is 0 Å². The summed E-state index contributed by atoms with van der Waals surface area (Å²) in [6.45, 7) is 4.75. The van der Waals surface area contributed by atoms with Gasteiger partial charge in [0.05, 0.1) is 6.61 Å². The van der Waals surface area contributed by atoms with Gasteiger partial charge in [-0.05, 0) is 18.6 Å². The molecule has 144 valence electrons. The van der Waals surface area contributed by atoms with Crippen molar-refractivity contribution in [1.29, 1.82) is 0 Å². The standard InChI is InChI=1S/C22H27FN2O2/c1-2-27-20-11-7-6-10-19(20)17-25-14-12-22(23,13-15-25)21(26)24-16-18-8-4-3-5-9-18/h3-11H,2,12-17H2,1H3,(H,24,26). The van der Waals surface area contributed by atoms with E-state index in [2.05, 4.69) is 10.2 Å². The number of carbonyl (C=O) groups is 1. The van der Waals surface area contributed by atoms with Crippen LogP contribution in [0.3, 0.4) is 0 Å². The van der Waals surface area contributed by atoms with E-state index in [0.717, 1.165) is 16.9 Å². The number of para-hydroxylation sites is 1. The van der Waals surface area contributed by atoms with Crippen molar-refractivity contribution in [3.63, 3.8) is 0 Å². The molecule has 1 saturated heterocycles. The minimum Gasteiger partial charge on any atom is -0.494 e. The monoisotopic (exact) mass is 370 g/mol. The highest BCUT2D eigenvalue weighted by molar-refractivity contribution is 5.85. The number of carbonyl (C=O) groups excluding carboxylic acids is 1. The van der Waals surface area contributed by atoms with E-state index in [9.17, 15) is 4.79 Å². The maximum Gasteiger partial charge on any atom is 0.258 e. The first-order chi connectivity index (χ1) is 13.1. The maximum atomic E-state index is 15.1. The number of alkyl halides is 1. The van der Waals surface area contributed by atoms with Gasteiger partial charge in [0.25, 0.3) is 5.91 Å². The molecule has 0 radical (unpaired) electrons. The lowest BCUT2D eigenvalue weighted by molar-refractivity contribution is -0.136. The van der Waals surface area contributed by atoms with Crippen molar-refractivity contribution in [2.45, 2.75) is 38.5 Å². The van der Waals surface area contributed by atoms with E-state index in [1.807, 2.05) is 61.5 Å². The molecule has 3 rings (SSSR count). The molecule has 1 amide bonds. The number of hydrogen-bond donors (Lipinski definition) is 1. The molecule has 0 spiro atoms. The van der Waals surface area contributed by atoms with E-state index in [0.29, 0.717) is 32.8 Å². The molecule has 5 heteroatoms. The van der Waals surface area contributed by atoms with Crippen molar-refractivity contribution >= 4 is 5.91 Å².